The summed E-state index contributed by atoms with van der Waals surface area (Å²) in [6.45, 7) is 5.72. The third-order valence-corrected chi connectivity index (χ3v) is 2.90. The van der Waals surface area contributed by atoms with Crippen LogP contribution in [0.25, 0.3) is 0 Å². The van der Waals surface area contributed by atoms with Gasteiger partial charge in [0.15, 0.2) is 11.5 Å². The maximum Gasteiger partial charge on any atom is 0.231 e. The Morgan fingerprint density at radius 3 is 2.81 bits per heavy atom. The minimum atomic E-state index is 0.350. The maximum atomic E-state index is 5.37. The van der Waals surface area contributed by atoms with E-state index in [0.29, 0.717) is 12.8 Å². The van der Waals surface area contributed by atoms with Crippen LogP contribution in [0.2, 0.25) is 0 Å². The molecule has 3 nitrogen and oxygen atoms in total. The highest BCUT2D eigenvalue weighted by atomic mass is 16.7. The van der Waals surface area contributed by atoms with Gasteiger partial charge in [0.05, 0.1) is 0 Å². The van der Waals surface area contributed by atoms with Gasteiger partial charge < -0.3 is 14.8 Å². The van der Waals surface area contributed by atoms with Gasteiger partial charge in [-0.15, -0.1) is 0 Å². The van der Waals surface area contributed by atoms with Crippen molar-refractivity contribution in [3.63, 3.8) is 0 Å². The highest BCUT2D eigenvalue weighted by molar-refractivity contribution is 5.44. The average Bonchev–Trinajstić information content (AvgIpc) is 2.75. The molecule has 0 radical (unpaired) electrons. The van der Waals surface area contributed by atoms with Crippen LogP contribution in [-0.2, 0) is 6.42 Å². The van der Waals surface area contributed by atoms with Crippen molar-refractivity contribution < 1.29 is 9.47 Å². The molecule has 1 atom stereocenters. The lowest BCUT2D eigenvalue weighted by molar-refractivity contribution is 0.174. The molecule has 1 aromatic rings. The fourth-order valence-corrected chi connectivity index (χ4v) is 2.00. The Bertz CT molecular complexity index is 352. The summed E-state index contributed by atoms with van der Waals surface area (Å²) in [7, 11) is 0. The third-order valence-electron chi connectivity index (χ3n) is 2.90. The number of ether oxygens (including phenoxy) is 2. The molecule has 0 aliphatic carbocycles. The summed E-state index contributed by atoms with van der Waals surface area (Å²) < 4.78 is 10.7. The van der Waals surface area contributed by atoms with E-state index in [0.717, 1.165) is 30.9 Å². The van der Waals surface area contributed by atoms with Gasteiger partial charge >= 0.3 is 0 Å². The molecular weight excluding hydrogens is 202 g/mol. The van der Waals surface area contributed by atoms with Crippen molar-refractivity contribution in [3.05, 3.63) is 23.8 Å². The van der Waals surface area contributed by atoms with E-state index in [1.54, 1.807) is 0 Å². The lowest BCUT2D eigenvalue weighted by Gasteiger charge is -2.15. The van der Waals surface area contributed by atoms with Crippen molar-refractivity contribution >= 4 is 0 Å². The van der Waals surface area contributed by atoms with E-state index >= 15 is 0 Å². The first-order valence-electron chi connectivity index (χ1n) is 5.95. The van der Waals surface area contributed by atoms with E-state index in [2.05, 4.69) is 31.3 Å². The summed E-state index contributed by atoms with van der Waals surface area (Å²) in [5.74, 6) is 1.74. The highest BCUT2D eigenvalue weighted by Crippen LogP contribution is 2.32. The quantitative estimate of drug-likeness (QED) is 0.828. The number of fused-ring (bicyclic) bond motifs is 1. The summed E-state index contributed by atoms with van der Waals surface area (Å²) >= 11 is 0. The fraction of sp³-hybridized carbons (Fsp3) is 0.538. The Balaban J connectivity index is 2.04. The normalized spacial score (nSPS) is 15.1. The molecule has 1 aliphatic heterocycles. The van der Waals surface area contributed by atoms with Crippen LogP contribution in [0.3, 0.4) is 0 Å². The molecule has 88 valence electrons. The summed E-state index contributed by atoms with van der Waals surface area (Å²) in [4.78, 5) is 0. The largest absolute Gasteiger partial charge is 0.454 e. The molecule has 1 aliphatic rings. The van der Waals surface area contributed by atoms with Crippen molar-refractivity contribution in [2.45, 2.75) is 32.7 Å². The Labute approximate surface area is 96.8 Å². The summed E-state index contributed by atoms with van der Waals surface area (Å²) in [6.07, 6.45) is 2.18. The van der Waals surface area contributed by atoms with Crippen molar-refractivity contribution in [1.82, 2.24) is 5.32 Å². The van der Waals surface area contributed by atoms with Gasteiger partial charge in [-0.1, -0.05) is 19.9 Å². The van der Waals surface area contributed by atoms with E-state index < -0.39 is 0 Å². The van der Waals surface area contributed by atoms with Crippen LogP contribution in [0.4, 0.5) is 0 Å². The van der Waals surface area contributed by atoms with Gasteiger partial charge in [0.25, 0.3) is 0 Å². The number of hydrogen-bond acceptors (Lipinski definition) is 3. The van der Waals surface area contributed by atoms with Gasteiger partial charge in [-0.25, -0.2) is 0 Å². The van der Waals surface area contributed by atoms with Crippen LogP contribution in [0.15, 0.2) is 18.2 Å². The van der Waals surface area contributed by atoms with E-state index in [-0.39, 0.29) is 0 Å². The van der Waals surface area contributed by atoms with Crippen LogP contribution >= 0.6 is 0 Å². The molecule has 16 heavy (non-hydrogen) atoms. The van der Waals surface area contributed by atoms with Crippen molar-refractivity contribution in [2.75, 3.05) is 13.3 Å². The first-order chi connectivity index (χ1) is 7.83. The predicted octanol–water partition coefficient (Wildman–Crippen LogP) is 2.35. The minimum Gasteiger partial charge on any atom is -0.454 e. The number of likely N-dealkylation sites (N-methyl/N-ethyl adjacent to an activating group) is 1. The molecule has 1 heterocycles. The molecule has 0 fully saturated rings. The van der Waals surface area contributed by atoms with E-state index in [9.17, 15) is 0 Å². The monoisotopic (exact) mass is 221 g/mol. The molecule has 0 saturated heterocycles. The second-order valence-corrected chi connectivity index (χ2v) is 4.05. The minimum absolute atomic E-state index is 0.350. The number of benzene rings is 1. The maximum absolute atomic E-state index is 5.37. The molecule has 1 aromatic carbocycles. The fourth-order valence-electron chi connectivity index (χ4n) is 2.00. The topological polar surface area (TPSA) is 30.5 Å². The van der Waals surface area contributed by atoms with Gasteiger partial charge in [-0.3, -0.25) is 0 Å². The number of hydrogen-bond donors (Lipinski definition) is 1. The lowest BCUT2D eigenvalue weighted by Crippen LogP contribution is -2.30. The lowest BCUT2D eigenvalue weighted by atomic mass is 10.0. The van der Waals surface area contributed by atoms with Crippen LogP contribution in [0, 0.1) is 0 Å². The predicted molar refractivity (Wildman–Crippen MR) is 64.0 cm³/mol. The second kappa shape index (κ2) is 5.21. The number of nitrogens with one attached hydrogen (secondary N) is 1. The molecule has 0 bridgehead atoms. The van der Waals surface area contributed by atoms with Crippen molar-refractivity contribution in [2.24, 2.45) is 0 Å². The van der Waals surface area contributed by atoms with Crippen molar-refractivity contribution in [3.8, 4) is 11.5 Å². The molecule has 0 saturated carbocycles. The molecule has 0 spiro atoms. The Kier molecular flexibility index (Phi) is 3.67. The Morgan fingerprint density at radius 1 is 1.25 bits per heavy atom. The SMILES string of the molecule is CCN[C@@H](CC)Cc1ccc2c(c1)OCO2. The van der Waals surface area contributed by atoms with E-state index in [1.807, 2.05) is 6.07 Å². The van der Waals surface area contributed by atoms with Gasteiger partial charge in [0.1, 0.15) is 0 Å². The molecule has 3 heteroatoms. The van der Waals surface area contributed by atoms with E-state index in [4.69, 9.17) is 9.47 Å². The first kappa shape index (κ1) is 11.3. The van der Waals surface area contributed by atoms with Crippen LogP contribution in [0.1, 0.15) is 25.8 Å². The Hall–Kier alpha value is -1.22. The Morgan fingerprint density at radius 2 is 2.06 bits per heavy atom. The number of rotatable bonds is 5. The molecule has 1 N–H and O–H groups in total. The molecule has 0 unspecified atom stereocenters. The molecule has 0 aromatic heterocycles. The van der Waals surface area contributed by atoms with Gasteiger partial charge in [0.2, 0.25) is 6.79 Å². The van der Waals surface area contributed by atoms with Crippen LogP contribution in [0.5, 0.6) is 11.5 Å². The van der Waals surface area contributed by atoms with Gasteiger partial charge in [0, 0.05) is 6.04 Å². The smallest absolute Gasteiger partial charge is 0.231 e. The zero-order chi connectivity index (χ0) is 11.4. The molecule has 2 rings (SSSR count). The van der Waals surface area contributed by atoms with E-state index in [1.165, 1.54) is 5.56 Å². The van der Waals surface area contributed by atoms with Gasteiger partial charge in [-0.2, -0.15) is 0 Å². The first-order valence-corrected chi connectivity index (χ1v) is 5.95. The second-order valence-electron chi connectivity index (χ2n) is 4.05. The molecule has 0 amide bonds. The van der Waals surface area contributed by atoms with Gasteiger partial charge in [-0.05, 0) is 37.1 Å². The molecular formula is C13H19NO2. The zero-order valence-corrected chi connectivity index (χ0v) is 9.95. The van der Waals surface area contributed by atoms with Crippen LogP contribution < -0.4 is 14.8 Å². The highest BCUT2D eigenvalue weighted by Gasteiger charge is 2.14. The zero-order valence-electron chi connectivity index (χ0n) is 9.95. The third kappa shape index (κ3) is 2.47. The summed E-state index contributed by atoms with van der Waals surface area (Å²) in [5, 5.41) is 3.48. The standard InChI is InChI=1S/C13H19NO2/c1-3-11(14-4-2)7-10-5-6-12-13(8-10)16-9-15-12/h5-6,8,11,14H,3-4,7,9H2,1-2H3/t11-/m0/s1. The summed E-state index contributed by atoms with van der Waals surface area (Å²) in [5.41, 5.74) is 1.30. The average molecular weight is 221 g/mol. The van der Waals surface area contributed by atoms with Crippen molar-refractivity contribution in [1.29, 1.82) is 0 Å². The summed E-state index contributed by atoms with van der Waals surface area (Å²) in [6, 6.07) is 6.75. The van der Waals surface area contributed by atoms with Crippen LogP contribution in [-0.4, -0.2) is 19.4 Å².